The number of imidazole rings is 3. The molecule has 0 aliphatic rings. The first-order valence-corrected chi connectivity index (χ1v) is 21.6. The van der Waals surface area contributed by atoms with Crippen LogP contribution in [0.15, 0.2) is 37.6 Å². The Hall–Kier alpha value is 0.174. The molecule has 0 aliphatic heterocycles. The van der Waals surface area contributed by atoms with Gasteiger partial charge in [-0.1, -0.05) is 39.3 Å². The first-order chi connectivity index (χ1) is 15.9. The van der Waals surface area contributed by atoms with Crippen molar-refractivity contribution in [2.45, 2.75) is 64.8 Å². The van der Waals surface area contributed by atoms with E-state index in [-0.39, 0.29) is 0 Å². The number of aromatic nitrogens is 6. The summed E-state index contributed by atoms with van der Waals surface area (Å²) in [5.41, 5.74) is 0. The van der Waals surface area contributed by atoms with Gasteiger partial charge < -0.3 is 23.6 Å². The highest BCUT2D eigenvalue weighted by Crippen LogP contribution is 2.09. The molecule has 0 saturated heterocycles. The predicted octanol–water partition coefficient (Wildman–Crippen LogP) is 6.61. The van der Waals surface area contributed by atoms with Crippen molar-refractivity contribution < 1.29 is 9.47 Å². The lowest BCUT2D eigenvalue weighted by Gasteiger charge is -2.15. The van der Waals surface area contributed by atoms with Crippen molar-refractivity contribution >= 4 is 83.9 Å². The molecule has 13 heteroatoms. The molecule has 3 heterocycles. The molecule has 3 aromatic heterocycles. The van der Waals surface area contributed by atoms with Gasteiger partial charge in [0.05, 0.1) is 35.1 Å². The molecule has 0 unspecified atom stereocenters. The molecule has 0 amide bonds. The Morgan fingerprint density at radius 1 is 0.853 bits per heavy atom. The van der Waals surface area contributed by atoms with Crippen LogP contribution in [0.1, 0.15) is 0 Å². The van der Waals surface area contributed by atoms with E-state index in [4.69, 9.17) is 9.47 Å². The van der Waals surface area contributed by atoms with Gasteiger partial charge in [-0.2, -0.15) is 0 Å². The van der Waals surface area contributed by atoms with Crippen molar-refractivity contribution in [3.63, 3.8) is 0 Å². The Morgan fingerprint density at radius 3 is 1.85 bits per heavy atom. The molecule has 0 fully saturated rings. The predicted molar refractivity (Wildman–Crippen MR) is 169 cm³/mol. The SMILES string of the molecule is C[Si](C)(C)CCOCn1cnc(I)c1.C[Si](C)(C)CCOCn1cncc1I.Ic1cnc[nH]1. The van der Waals surface area contributed by atoms with Crippen LogP contribution < -0.4 is 0 Å². The highest BCUT2D eigenvalue weighted by Gasteiger charge is 2.12. The van der Waals surface area contributed by atoms with E-state index in [1.54, 1.807) is 25.2 Å². The van der Waals surface area contributed by atoms with Gasteiger partial charge in [-0.15, -0.1) is 0 Å². The fourth-order valence-electron chi connectivity index (χ4n) is 2.13. The van der Waals surface area contributed by atoms with E-state index in [1.807, 2.05) is 21.5 Å². The second-order valence-electron chi connectivity index (χ2n) is 9.99. The lowest BCUT2D eigenvalue weighted by atomic mass is 10.8. The maximum Gasteiger partial charge on any atom is 0.124 e. The Morgan fingerprint density at radius 2 is 1.47 bits per heavy atom. The van der Waals surface area contributed by atoms with Crippen LogP contribution in [0, 0.1) is 11.1 Å². The van der Waals surface area contributed by atoms with E-state index < -0.39 is 16.1 Å². The van der Waals surface area contributed by atoms with Crippen LogP contribution in [0.3, 0.4) is 0 Å². The van der Waals surface area contributed by atoms with Gasteiger partial charge in [-0.3, -0.25) is 0 Å². The molecule has 0 aromatic carbocycles. The van der Waals surface area contributed by atoms with Crippen LogP contribution in [0.25, 0.3) is 0 Å². The van der Waals surface area contributed by atoms with Crippen molar-refractivity contribution in [3.8, 4) is 0 Å². The summed E-state index contributed by atoms with van der Waals surface area (Å²) in [6.07, 6.45) is 10.8. The number of rotatable bonds is 10. The molecule has 3 aromatic rings. The topological polar surface area (TPSA) is 82.8 Å². The molecular weight excluding hydrogens is 805 g/mol. The number of nitrogens with zero attached hydrogens (tertiary/aromatic N) is 5. The molecule has 0 bridgehead atoms. The van der Waals surface area contributed by atoms with Crippen LogP contribution in [-0.4, -0.2) is 58.4 Å². The van der Waals surface area contributed by atoms with Crippen LogP contribution in [0.4, 0.5) is 0 Å². The molecule has 8 nitrogen and oxygen atoms in total. The summed E-state index contributed by atoms with van der Waals surface area (Å²) >= 11 is 6.60. The van der Waals surface area contributed by atoms with Crippen molar-refractivity contribution in [2.75, 3.05) is 13.2 Å². The molecule has 0 radical (unpaired) electrons. The normalized spacial score (nSPS) is 11.4. The van der Waals surface area contributed by atoms with Gasteiger partial charge in [0, 0.05) is 35.6 Å². The molecule has 34 heavy (non-hydrogen) atoms. The minimum absolute atomic E-state index is 0.625. The summed E-state index contributed by atoms with van der Waals surface area (Å²) in [5, 5.41) is 0. The molecule has 0 atom stereocenters. The van der Waals surface area contributed by atoms with E-state index in [0.717, 1.165) is 24.3 Å². The van der Waals surface area contributed by atoms with Gasteiger partial charge in [-0.05, 0) is 79.9 Å². The van der Waals surface area contributed by atoms with Crippen molar-refractivity contribution in [1.82, 2.24) is 29.1 Å². The zero-order chi connectivity index (χ0) is 25.6. The Kier molecular flexibility index (Phi) is 15.9. The zero-order valence-corrected chi connectivity index (χ0v) is 29.4. The van der Waals surface area contributed by atoms with Crippen LogP contribution in [0.5, 0.6) is 0 Å². The van der Waals surface area contributed by atoms with Crippen molar-refractivity contribution in [2.24, 2.45) is 0 Å². The monoisotopic (exact) mass is 842 g/mol. The fourth-order valence-corrected chi connectivity index (χ4v) is 4.85. The molecule has 0 aliphatic carbocycles. The maximum atomic E-state index is 5.59. The van der Waals surface area contributed by atoms with Crippen LogP contribution >= 0.6 is 67.8 Å². The van der Waals surface area contributed by atoms with Gasteiger partial charge in [0.1, 0.15) is 20.9 Å². The van der Waals surface area contributed by atoms with Gasteiger partial charge in [0.25, 0.3) is 0 Å². The van der Waals surface area contributed by atoms with E-state index in [0.29, 0.717) is 13.5 Å². The van der Waals surface area contributed by atoms with Gasteiger partial charge in [0.2, 0.25) is 0 Å². The third-order valence-corrected chi connectivity index (χ3v) is 9.65. The first-order valence-electron chi connectivity index (χ1n) is 11.0. The number of halogens is 3. The average Bonchev–Trinajstić information content (AvgIpc) is 3.46. The largest absolute Gasteiger partial charge is 0.361 e. The Balaban J connectivity index is 0.000000274. The molecule has 0 spiro atoms. The van der Waals surface area contributed by atoms with Crippen molar-refractivity contribution in [1.29, 1.82) is 0 Å². The van der Waals surface area contributed by atoms with E-state index in [2.05, 4.69) is 127 Å². The second-order valence-corrected chi connectivity index (χ2v) is 24.6. The van der Waals surface area contributed by atoms with Gasteiger partial charge in [-0.25, -0.2) is 15.0 Å². The second kappa shape index (κ2) is 16.8. The smallest absolute Gasteiger partial charge is 0.124 e. The Bertz CT molecular complexity index is 908. The molecule has 3 rings (SSSR count). The van der Waals surface area contributed by atoms with Gasteiger partial charge >= 0.3 is 0 Å². The number of hydrogen-bond donors (Lipinski definition) is 1. The molecule has 1 N–H and O–H groups in total. The molecular formula is C21H37I3N6O2Si2. The summed E-state index contributed by atoms with van der Waals surface area (Å²) in [6, 6.07) is 2.44. The van der Waals surface area contributed by atoms with E-state index >= 15 is 0 Å². The molecule has 192 valence electrons. The highest BCUT2D eigenvalue weighted by atomic mass is 127. The number of ether oxygens (including phenoxy) is 2. The van der Waals surface area contributed by atoms with Crippen LogP contribution in [0.2, 0.25) is 51.4 Å². The van der Waals surface area contributed by atoms with Crippen molar-refractivity contribution in [3.05, 3.63) is 48.7 Å². The minimum atomic E-state index is -0.945. The van der Waals surface area contributed by atoms with Gasteiger partial charge in [0.15, 0.2) is 0 Å². The number of aromatic amines is 1. The number of nitrogens with one attached hydrogen (secondary N) is 1. The standard InChI is InChI=1S/2C9H17IN2OSi.C3H3IN2/c1-14(2,3)5-4-13-8-12-6-9(10)11-7-12;1-14(2,3)5-4-13-8-12-7-11-6-9(12)10;4-3-1-5-2-6-3/h2*6-7H,4-5,8H2,1-3H3;1-2H,(H,5,6). The summed E-state index contributed by atoms with van der Waals surface area (Å²) in [7, 11) is -1.89. The van der Waals surface area contributed by atoms with E-state index in [9.17, 15) is 0 Å². The summed E-state index contributed by atoms with van der Waals surface area (Å²) in [4.78, 5) is 14.8. The Labute approximate surface area is 246 Å². The van der Waals surface area contributed by atoms with Crippen LogP contribution in [-0.2, 0) is 22.9 Å². The lowest BCUT2D eigenvalue weighted by molar-refractivity contribution is 0.0855. The quantitative estimate of drug-likeness (QED) is 0.141. The third-order valence-electron chi connectivity index (χ3n) is 4.19. The fraction of sp³-hybridized carbons (Fsp3) is 0.571. The maximum absolute atomic E-state index is 5.59. The molecule has 0 saturated carbocycles. The zero-order valence-electron chi connectivity index (χ0n) is 20.9. The average molecular weight is 842 g/mol. The summed E-state index contributed by atoms with van der Waals surface area (Å²) in [6.45, 7) is 17.1. The minimum Gasteiger partial charge on any atom is -0.361 e. The summed E-state index contributed by atoms with van der Waals surface area (Å²) < 4.78 is 18.3. The highest BCUT2D eigenvalue weighted by molar-refractivity contribution is 14.1. The lowest BCUT2D eigenvalue weighted by Crippen LogP contribution is -2.22. The number of hydrogen-bond acceptors (Lipinski definition) is 5. The third kappa shape index (κ3) is 17.6. The van der Waals surface area contributed by atoms with E-state index in [1.165, 1.54) is 12.1 Å². The summed E-state index contributed by atoms with van der Waals surface area (Å²) in [5.74, 6) is 0. The first kappa shape index (κ1) is 32.2. The number of H-pyrrole nitrogens is 1.